The number of nitrogens with one attached hydrogen (secondary N) is 1. The van der Waals surface area contributed by atoms with Crippen LogP contribution in [-0.2, 0) is 14.3 Å². The number of hydrogen-bond donors (Lipinski definition) is 1. The number of methoxy groups -OCH3 is 1. The molecular formula is C14H17ClN2O4. The number of halogens is 1. The molecule has 114 valence electrons. The number of amides is 2. The van der Waals surface area contributed by atoms with Crippen molar-refractivity contribution in [1.29, 1.82) is 0 Å². The molecule has 0 saturated carbocycles. The molecule has 1 aromatic rings. The minimum absolute atomic E-state index is 0.211. The average Bonchev–Trinajstić information content (AvgIpc) is 2.48. The van der Waals surface area contributed by atoms with E-state index in [4.69, 9.17) is 21.1 Å². The molecule has 0 bridgehead atoms. The van der Waals surface area contributed by atoms with Crippen LogP contribution in [0.1, 0.15) is 6.42 Å². The normalized spacial score (nSPS) is 14.7. The van der Waals surface area contributed by atoms with Crippen molar-refractivity contribution in [3.8, 4) is 5.75 Å². The minimum atomic E-state index is -0.396. The van der Waals surface area contributed by atoms with Crippen molar-refractivity contribution >= 4 is 29.1 Å². The molecule has 1 heterocycles. The standard InChI is InChI=1S/C14H17ClN2O4/c1-20-12-3-2-10(15)8-11(12)16-13(18)9-14(19)17-4-6-21-7-5-17/h2-3,8H,4-7,9H2,1H3,(H,16,18). The maximum absolute atomic E-state index is 12.0. The topological polar surface area (TPSA) is 67.9 Å². The van der Waals surface area contributed by atoms with Crippen molar-refractivity contribution in [3.05, 3.63) is 23.2 Å². The Labute approximate surface area is 128 Å². The molecule has 1 aliphatic heterocycles. The number of anilines is 1. The number of carbonyl (C=O) groups is 2. The zero-order valence-electron chi connectivity index (χ0n) is 11.7. The van der Waals surface area contributed by atoms with Crippen molar-refractivity contribution in [2.75, 3.05) is 38.7 Å². The quantitative estimate of drug-likeness (QED) is 0.856. The summed E-state index contributed by atoms with van der Waals surface area (Å²) < 4.78 is 10.3. The lowest BCUT2D eigenvalue weighted by molar-refractivity contribution is -0.138. The van der Waals surface area contributed by atoms with Gasteiger partial charge in [-0.2, -0.15) is 0 Å². The van der Waals surface area contributed by atoms with Crippen LogP contribution in [0.2, 0.25) is 5.02 Å². The molecule has 0 spiro atoms. The second-order valence-electron chi connectivity index (χ2n) is 4.56. The summed E-state index contributed by atoms with van der Waals surface area (Å²) in [6.45, 7) is 2.06. The van der Waals surface area contributed by atoms with E-state index in [9.17, 15) is 9.59 Å². The van der Waals surface area contributed by atoms with E-state index < -0.39 is 5.91 Å². The van der Waals surface area contributed by atoms with Gasteiger partial charge in [0.05, 0.1) is 26.0 Å². The molecule has 1 aromatic carbocycles. The van der Waals surface area contributed by atoms with Gasteiger partial charge in [-0.15, -0.1) is 0 Å². The van der Waals surface area contributed by atoms with Crippen molar-refractivity contribution in [2.45, 2.75) is 6.42 Å². The Balaban J connectivity index is 1.95. The molecule has 1 saturated heterocycles. The van der Waals surface area contributed by atoms with Gasteiger partial charge in [0, 0.05) is 18.1 Å². The first kappa shape index (κ1) is 15.6. The van der Waals surface area contributed by atoms with E-state index in [1.807, 2.05) is 0 Å². The fraction of sp³-hybridized carbons (Fsp3) is 0.429. The van der Waals surface area contributed by atoms with E-state index in [1.54, 1.807) is 23.1 Å². The molecule has 1 aliphatic rings. The van der Waals surface area contributed by atoms with Gasteiger partial charge >= 0.3 is 0 Å². The fourth-order valence-corrected chi connectivity index (χ4v) is 2.21. The van der Waals surface area contributed by atoms with E-state index in [0.29, 0.717) is 42.8 Å². The lowest BCUT2D eigenvalue weighted by atomic mass is 10.2. The van der Waals surface area contributed by atoms with Gasteiger partial charge in [-0.05, 0) is 18.2 Å². The van der Waals surface area contributed by atoms with Crippen LogP contribution in [0.4, 0.5) is 5.69 Å². The van der Waals surface area contributed by atoms with Gasteiger partial charge in [0.15, 0.2) is 0 Å². The van der Waals surface area contributed by atoms with Gasteiger partial charge in [-0.25, -0.2) is 0 Å². The van der Waals surface area contributed by atoms with Crippen LogP contribution in [0.15, 0.2) is 18.2 Å². The summed E-state index contributed by atoms with van der Waals surface area (Å²) in [7, 11) is 1.50. The second kappa shape index (κ2) is 7.28. The highest BCUT2D eigenvalue weighted by atomic mass is 35.5. The van der Waals surface area contributed by atoms with Crippen LogP contribution in [0.5, 0.6) is 5.75 Å². The smallest absolute Gasteiger partial charge is 0.233 e. The number of rotatable bonds is 4. The van der Waals surface area contributed by atoms with Crippen LogP contribution in [0.3, 0.4) is 0 Å². The van der Waals surface area contributed by atoms with Gasteiger partial charge < -0.3 is 19.7 Å². The Hall–Kier alpha value is -1.79. The van der Waals surface area contributed by atoms with Crippen LogP contribution in [-0.4, -0.2) is 50.1 Å². The summed E-state index contributed by atoms with van der Waals surface area (Å²) in [4.78, 5) is 25.6. The molecule has 0 unspecified atom stereocenters. The molecule has 6 nitrogen and oxygen atoms in total. The zero-order chi connectivity index (χ0) is 15.2. The third kappa shape index (κ3) is 4.34. The molecule has 7 heteroatoms. The van der Waals surface area contributed by atoms with Gasteiger partial charge in [0.2, 0.25) is 11.8 Å². The van der Waals surface area contributed by atoms with E-state index in [2.05, 4.69) is 5.32 Å². The highest BCUT2D eigenvalue weighted by Crippen LogP contribution is 2.27. The molecule has 0 aliphatic carbocycles. The minimum Gasteiger partial charge on any atom is -0.495 e. The van der Waals surface area contributed by atoms with Crippen LogP contribution in [0.25, 0.3) is 0 Å². The summed E-state index contributed by atoms with van der Waals surface area (Å²) in [5.74, 6) is -0.115. The molecule has 1 N–H and O–H groups in total. The number of benzene rings is 1. The van der Waals surface area contributed by atoms with Crippen LogP contribution >= 0.6 is 11.6 Å². The Morgan fingerprint density at radius 1 is 1.38 bits per heavy atom. The van der Waals surface area contributed by atoms with Crippen molar-refractivity contribution in [3.63, 3.8) is 0 Å². The van der Waals surface area contributed by atoms with Crippen LogP contribution < -0.4 is 10.1 Å². The SMILES string of the molecule is COc1ccc(Cl)cc1NC(=O)CC(=O)N1CCOCC1. The van der Waals surface area contributed by atoms with Gasteiger partial charge in [-0.1, -0.05) is 11.6 Å². The molecule has 2 rings (SSSR count). The fourth-order valence-electron chi connectivity index (χ4n) is 2.03. The van der Waals surface area contributed by atoms with Gasteiger partial charge in [0.1, 0.15) is 12.2 Å². The zero-order valence-corrected chi connectivity index (χ0v) is 12.5. The lowest BCUT2D eigenvalue weighted by Crippen LogP contribution is -2.41. The van der Waals surface area contributed by atoms with E-state index in [1.165, 1.54) is 7.11 Å². The number of morpholine rings is 1. The predicted octanol–water partition coefficient (Wildman–Crippen LogP) is 1.54. The van der Waals surface area contributed by atoms with Gasteiger partial charge in [0.25, 0.3) is 0 Å². The predicted molar refractivity (Wildman–Crippen MR) is 78.6 cm³/mol. The third-order valence-corrected chi connectivity index (χ3v) is 3.35. The Kier molecular flexibility index (Phi) is 5.41. The van der Waals surface area contributed by atoms with E-state index in [-0.39, 0.29) is 12.3 Å². The number of ether oxygens (including phenoxy) is 2. The van der Waals surface area contributed by atoms with E-state index >= 15 is 0 Å². The lowest BCUT2D eigenvalue weighted by Gasteiger charge is -2.26. The summed E-state index contributed by atoms with van der Waals surface area (Å²) in [5.41, 5.74) is 0.449. The molecular weight excluding hydrogens is 296 g/mol. The number of hydrogen-bond acceptors (Lipinski definition) is 4. The molecule has 0 radical (unpaired) electrons. The highest BCUT2D eigenvalue weighted by Gasteiger charge is 2.20. The first-order chi connectivity index (χ1) is 10.1. The Bertz CT molecular complexity index is 530. The monoisotopic (exact) mass is 312 g/mol. The summed E-state index contributed by atoms with van der Waals surface area (Å²) in [6.07, 6.45) is -0.213. The third-order valence-electron chi connectivity index (χ3n) is 3.11. The van der Waals surface area contributed by atoms with Crippen molar-refractivity contribution in [2.24, 2.45) is 0 Å². The summed E-state index contributed by atoms with van der Waals surface area (Å²) in [6, 6.07) is 4.90. The van der Waals surface area contributed by atoms with Crippen molar-refractivity contribution in [1.82, 2.24) is 4.90 Å². The summed E-state index contributed by atoms with van der Waals surface area (Å²) >= 11 is 5.89. The van der Waals surface area contributed by atoms with Crippen molar-refractivity contribution < 1.29 is 19.1 Å². The van der Waals surface area contributed by atoms with Crippen LogP contribution in [0, 0.1) is 0 Å². The first-order valence-electron chi connectivity index (χ1n) is 6.59. The summed E-state index contributed by atoms with van der Waals surface area (Å²) in [5, 5.41) is 3.12. The maximum Gasteiger partial charge on any atom is 0.233 e. The molecule has 1 fully saturated rings. The Morgan fingerprint density at radius 3 is 2.76 bits per heavy atom. The molecule has 2 amide bonds. The molecule has 0 aromatic heterocycles. The van der Waals surface area contributed by atoms with Gasteiger partial charge in [-0.3, -0.25) is 9.59 Å². The molecule has 0 atom stereocenters. The van der Waals surface area contributed by atoms with E-state index in [0.717, 1.165) is 0 Å². The highest BCUT2D eigenvalue weighted by molar-refractivity contribution is 6.31. The Morgan fingerprint density at radius 2 is 2.10 bits per heavy atom. The molecule has 21 heavy (non-hydrogen) atoms. The second-order valence-corrected chi connectivity index (χ2v) is 5.00. The number of carbonyl (C=O) groups excluding carboxylic acids is 2. The number of nitrogens with zero attached hydrogens (tertiary/aromatic N) is 1. The average molecular weight is 313 g/mol. The maximum atomic E-state index is 12.0. The first-order valence-corrected chi connectivity index (χ1v) is 6.97. The largest absolute Gasteiger partial charge is 0.495 e.